The number of ether oxygens (including phenoxy) is 1. The summed E-state index contributed by atoms with van der Waals surface area (Å²) in [6.07, 6.45) is 4.72. The molecule has 0 bridgehead atoms. The van der Waals surface area contributed by atoms with Gasteiger partial charge >= 0.3 is 0 Å². The molecule has 0 saturated carbocycles. The zero-order chi connectivity index (χ0) is 15.8. The van der Waals surface area contributed by atoms with Crippen molar-refractivity contribution in [1.82, 2.24) is 4.98 Å². The van der Waals surface area contributed by atoms with E-state index in [4.69, 9.17) is 10.00 Å². The molecule has 22 heavy (non-hydrogen) atoms. The van der Waals surface area contributed by atoms with E-state index in [1.165, 1.54) is 6.08 Å². The van der Waals surface area contributed by atoms with Crippen molar-refractivity contribution in [3.63, 3.8) is 0 Å². The van der Waals surface area contributed by atoms with Crippen LogP contribution in [0, 0.1) is 11.3 Å². The fourth-order valence-electron chi connectivity index (χ4n) is 1.77. The van der Waals surface area contributed by atoms with E-state index in [1.54, 1.807) is 48.8 Å². The van der Waals surface area contributed by atoms with Crippen LogP contribution in [0.3, 0.4) is 0 Å². The lowest BCUT2D eigenvalue weighted by atomic mass is 10.1. The summed E-state index contributed by atoms with van der Waals surface area (Å²) in [5, 5.41) is 11.8. The number of hydrogen-bond acceptors (Lipinski definition) is 4. The summed E-state index contributed by atoms with van der Waals surface area (Å²) in [6, 6.07) is 12.3. The van der Waals surface area contributed by atoms with Crippen LogP contribution in [0.1, 0.15) is 12.5 Å². The molecule has 0 aliphatic rings. The zero-order valence-corrected chi connectivity index (χ0v) is 12.1. The van der Waals surface area contributed by atoms with Crippen molar-refractivity contribution in [2.24, 2.45) is 0 Å². The van der Waals surface area contributed by atoms with Gasteiger partial charge in [-0.25, -0.2) is 0 Å². The normalized spacial score (nSPS) is 10.6. The standard InChI is InChI=1S/C17H15N3O2/c1-2-22-16-5-3-15(4-6-16)20-17(21)14(12-18)11-13-7-9-19-10-8-13/h3-11H,2H2,1H3,(H,20,21). The Labute approximate surface area is 128 Å². The van der Waals surface area contributed by atoms with Gasteiger partial charge < -0.3 is 10.1 Å². The van der Waals surface area contributed by atoms with Crippen LogP contribution in [0.25, 0.3) is 6.08 Å². The molecule has 0 aliphatic heterocycles. The van der Waals surface area contributed by atoms with E-state index in [9.17, 15) is 4.79 Å². The van der Waals surface area contributed by atoms with Gasteiger partial charge in [-0.05, 0) is 55.0 Å². The summed E-state index contributed by atoms with van der Waals surface area (Å²) in [6.45, 7) is 2.48. The fourth-order valence-corrected chi connectivity index (χ4v) is 1.77. The quantitative estimate of drug-likeness (QED) is 0.679. The average molecular weight is 293 g/mol. The van der Waals surface area contributed by atoms with Gasteiger partial charge in [-0.3, -0.25) is 9.78 Å². The Hall–Kier alpha value is -3.13. The van der Waals surface area contributed by atoms with E-state index in [-0.39, 0.29) is 5.57 Å². The smallest absolute Gasteiger partial charge is 0.266 e. The molecule has 1 aromatic heterocycles. The van der Waals surface area contributed by atoms with E-state index >= 15 is 0 Å². The molecule has 1 amide bonds. The zero-order valence-electron chi connectivity index (χ0n) is 12.1. The largest absolute Gasteiger partial charge is 0.494 e. The van der Waals surface area contributed by atoms with E-state index in [1.807, 2.05) is 13.0 Å². The lowest BCUT2D eigenvalue weighted by molar-refractivity contribution is -0.112. The Morgan fingerprint density at radius 1 is 1.27 bits per heavy atom. The number of carbonyl (C=O) groups is 1. The molecule has 0 spiro atoms. The van der Waals surface area contributed by atoms with Gasteiger partial charge in [0.25, 0.3) is 5.91 Å². The van der Waals surface area contributed by atoms with Crippen molar-refractivity contribution in [3.05, 3.63) is 59.9 Å². The molecule has 1 N–H and O–H groups in total. The van der Waals surface area contributed by atoms with Crippen LogP contribution in [-0.2, 0) is 4.79 Å². The first-order chi connectivity index (χ1) is 10.7. The third-order valence-electron chi connectivity index (χ3n) is 2.81. The summed E-state index contributed by atoms with van der Waals surface area (Å²) in [5.41, 5.74) is 1.37. The highest BCUT2D eigenvalue weighted by molar-refractivity contribution is 6.09. The molecule has 0 radical (unpaired) electrons. The number of anilines is 1. The van der Waals surface area contributed by atoms with Crippen molar-refractivity contribution in [1.29, 1.82) is 5.26 Å². The molecule has 110 valence electrons. The van der Waals surface area contributed by atoms with Crippen LogP contribution in [0.15, 0.2) is 54.4 Å². The van der Waals surface area contributed by atoms with Gasteiger partial charge in [-0.2, -0.15) is 5.26 Å². The second-order valence-corrected chi connectivity index (χ2v) is 4.36. The number of carbonyl (C=O) groups excluding carboxylic acids is 1. The number of nitrogens with one attached hydrogen (secondary N) is 1. The van der Waals surface area contributed by atoms with Crippen LogP contribution in [-0.4, -0.2) is 17.5 Å². The molecule has 1 heterocycles. The molecule has 5 nitrogen and oxygen atoms in total. The molecule has 5 heteroatoms. The van der Waals surface area contributed by atoms with Crippen LogP contribution in [0.4, 0.5) is 5.69 Å². The number of aromatic nitrogens is 1. The number of benzene rings is 1. The minimum absolute atomic E-state index is 0.0279. The first-order valence-corrected chi connectivity index (χ1v) is 6.79. The molecular weight excluding hydrogens is 278 g/mol. The predicted octanol–water partition coefficient (Wildman–Crippen LogP) is 3.03. The van der Waals surface area contributed by atoms with Crippen LogP contribution >= 0.6 is 0 Å². The SMILES string of the molecule is CCOc1ccc(NC(=O)C(C#N)=Cc2ccncc2)cc1. The van der Waals surface area contributed by atoms with Gasteiger partial charge in [0.15, 0.2) is 0 Å². The Kier molecular flexibility index (Phi) is 5.27. The van der Waals surface area contributed by atoms with E-state index in [0.29, 0.717) is 12.3 Å². The maximum Gasteiger partial charge on any atom is 0.266 e. The maximum atomic E-state index is 12.1. The van der Waals surface area contributed by atoms with Gasteiger partial charge in [-0.1, -0.05) is 0 Å². The van der Waals surface area contributed by atoms with Crippen molar-refractivity contribution < 1.29 is 9.53 Å². The first kappa shape index (κ1) is 15.3. The molecule has 2 aromatic rings. The van der Waals surface area contributed by atoms with Crippen molar-refractivity contribution in [2.75, 3.05) is 11.9 Å². The Morgan fingerprint density at radius 3 is 2.55 bits per heavy atom. The Balaban J connectivity index is 2.10. The van der Waals surface area contributed by atoms with Crippen LogP contribution < -0.4 is 10.1 Å². The highest BCUT2D eigenvalue weighted by atomic mass is 16.5. The Bertz CT molecular complexity index is 701. The summed E-state index contributed by atoms with van der Waals surface area (Å²) in [7, 11) is 0. The summed E-state index contributed by atoms with van der Waals surface area (Å²) < 4.78 is 5.33. The second-order valence-electron chi connectivity index (χ2n) is 4.36. The van der Waals surface area contributed by atoms with Crippen molar-refractivity contribution in [3.8, 4) is 11.8 Å². The highest BCUT2D eigenvalue weighted by Crippen LogP contribution is 2.16. The van der Waals surface area contributed by atoms with Crippen LogP contribution in [0.2, 0.25) is 0 Å². The van der Waals surface area contributed by atoms with E-state index < -0.39 is 5.91 Å². The van der Waals surface area contributed by atoms with E-state index in [0.717, 1.165) is 11.3 Å². The van der Waals surface area contributed by atoms with Crippen molar-refractivity contribution >= 4 is 17.7 Å². The highest BCUT2D eigenvalue weighted by Gasteiger charge is 2.09. The topological polar surface area (TPSA) is 75.0 Å². The fraction of sp³-hybridized carbons (Fsp3) is 0.118. The van der Waals surface area contributed by atoms with Gasteiger partial charge in [0.05, 0.1) is 6.61 Å². The lowest BCUT2D eigenvalue weighted by Gasteiger charge is -2.06. The summed E-state index contributed by atoms with van der Waals surface area (Å²) in [5.74, 6) is 0.275. The maximum absolute atomic E-state index is 12.1. The number of pyridine rings is 1. The number of amides is 1. The first-order valence-electron chi connectivity index (χ1n) is 6.79. The summed E-state index contributed by atoms with van der Waals surface area (Å²) in [4.78, 5) is 16.0. The molecule has 2 rings (SSSR count). The van der Waals surface area contributed by atoms with Gasteiger partial charge in [0.2, 0.25) is 0 Å². The molecule has 0 fully saturated rings. The number of nitriles is 1. The third-order valence-corrected chi connectivity index (χ3v) is 2.81. The lowest BCUT2D eigenvalue weighted by Crippen LogP contribution is -2.13. The minimum Gasteiger partial charge on any atom is -0.494 e. The number of hydrogen-bond donors (Lipinski definition) is 1. The predicted molar refractivity (Wildman–Crippen MR) is 84.1 cm³/mol. The number of rotatable bonds is 5. The van der Waals surface area contributed by atoms with Gasteiger partial charge in [0.1, 0.15) is 17.4 Å². The number of nitrogens with zero attached hydrogens (tertiary/aromatic N) is 2. The molecular formula is C17H15N3O2. The van der Waals surface area contributed by atoms with E-state index in [2.05, 4.69) is 10.3 Å². The van der Waals surface area contributed by atoms with Gasteiger partial charge in [0, 0.05) is 18.1 Å². The monoisotopic (exact) mass is 293 g/mol. The molecule has 0 aliphatic carbocycles. The average Bonchev–Trinajstić information content (AvgIpc) is 2.55. The molecule has 1 aromatic carbocycles. The molecule has 0 saturated heterocycles. The summed E-state index contributed by atoms with van der Waals surface area (Å²) >= 11 is 0. The minimum atomic E-state index is -0.455. The van der Waals surface area contributed by atoms with Gasteiger partial charge in [-0.15, -0.1) is 0 Å². The second kappa shape index (κ2) is 7.60. The van der Waals surface area contributed by atoms with Crippen LogP contribution in [0.5, 0.6) is 5.75 Å². The Morgan fingerprint density at radius 2 is 1.95 bits per heavy atom. The third kappa shape index (κ3) is 4.18. The van der Waals surface area contributed by atoms with Crippen molar-refractivity contribution in [2.45, 2.75) is 6.92 Å². The molecule has 0 atom stereocenters. The molecule has 0 unspecified atom stereocenters.